The van der Waals surface area contributed by atoms with Gasteiger partial charge in [0.05, 0.1) is 44.6 Å². The Morgan fingerprint density at radius 1 is 0.308 bits per heavy atom. The van der Waals surface area contributed by atoms with E-state index in [1.165, 1.54) is 48.6 Å². The molecule has 0 atom stereocenters. The zero-order valence-electron chi connectivity index (χ0n) is 32.0. The fourth-order valence-electron chi connectivity index (χ4n) is 6.23. The molecule has 0 amide bonds. The van der Waals surface area contributed by atoms with Crippen LogP contribution in [0.2, 0.25) is 0 Å². The Labute approximate surface area is 305 Å². The third-order valence-electron chi connectivity index (χ3n) is 9.86. The minimum atomic E-state index is -0.845. The van der Waals surface area contributed by atoms with Gasteiger partial charge in [0.2, 0.25) is 23.1 Å². The average molecular weight is 705 g/mol. The molecule has 0 aromatic heterocycles. The molecule has 0 aliphatic heterocycles. The molecule has 52 heavy (non-hydrogen) atoms. The van der Waals surface area contributed by atoms with Crippen LogP contribution in [0.3, 0.4) is 0 Å². The van der Waals surface area contributed by atoms with Crippen LogP contribution in [0.4, 0.5) is 0 Å². The van der Waals surface area contributed by atoms with Crippen molar-refractivity contribution in [1.29, 1.82) is 0 Å². The Morgan fingerprint density at radius 3 is 0.596 bits per heavy atom. The molecule has 8 heteroatoms. The highest BCUT2D eigenvalue weighted by atomic mass is 16.3. The largest absolute Gasteiger partial charge is 0.506 e. The van der Waals surface area contributed by atoms with Crippen LogP contribution in [0, 0.1) is 21.7 Å². The van der Waals surface area contributed by atoms with Crippen LogP contribution in [-0.4, -0.2) is 43.6 Å². The number of allylic oxidation sites excluding steroid dienone is 20. The topological polar surface area (TPSA) is 149 Å². The van der Waals surface area contributed by atoms with Crippen LogP contribution < -0.4 is 0 Å². The lowest BCUT2D eigenvalue weighted by atomic mass is 9.74. The second-order valence-corrected chi connectivity index (χ2v) is 18.0. The number of ketones is 4. The van der Waals surface area contributed by atoms with Crippen molar-refractivity contribution < 1.29 is 39.6 Å². The van der Waals surface area contributed by atoms with E-state index in [2.05, 4.69) is 0 Å². The number of fused-ring (bicyclic) bond motifs is 8. The Kier molecular flexibility index (Phi) is 8.90. The lowest BCUT2D eigenvalue weighted by molar-refractivity contribution is -0.113. The maximum atomic E-state index is 14.4. The number of aliphatic hydroxyl groups is 4. The standard InChI is InChI=1S/C44H48O8/c1-41(2,3)21-13-25-33(45)26(14-21)38(50)28-16-23(43(7,8)9)18-30(35(28)47)40(52)32-20-24(44(10,11)12)19-31(36(32)48)39(51)29-17-22(42(4,5)6)15-27(34(29)46)37(25)49/h13-20,49-52H,1-12H3. The molecule has 0 saturated heterocycles. The van der Waals surface area contributed by atoms with E-state index in [4.69, 9.17) is 0 Å². The summed E-state index contributed by atoms with van der Waals surface area (Å²) in [7, 11) is 0. The van der Waals surface area contributed by atoms with Crippen molar-refractivity contribution in [3.8, 4) is 0 Å². The molecule has 0 saturated carbocycles. The van der Waals surface area contributed by atoms with Crippen LogP contribution in [0.1, 0.15) is 83.1 Å². The third-order valence-corrected chi connectivity index (χ3v) is 9.86. The number of carbonyl (C=O) groups is 4. The minimum Gasteiger partial charge on any atom is -0.506 e. The highest BCUT2D eigenvalue weighted by Crippen LogP contribution is 2.44. The molecule has 0 spiro atoms. The normalized spacial score (nSPS) is 21.0. The van der Waals surface area contributed by atoms with E-state index in [-0.39, 0.29) is 44.6 Å². The molecule has 5 aliphatic rings. The molecular weight excluding hydrogens is 656 g/mol. The predicted molar refractivity (Wildman–Crippen MR) is 201 cm³/mol. The summed E-state index contributed by atoms with van der Waals surface area (Å²) >= 11 is 0. The second kappa shape index (κ2) is 12.2. The van der Waals surface area contributed by atoms with E-state index in [9.17, 15) is 39.6 Å². The molecule has 0 heterocycles. The molecule has 0 unspecified atom stereocenters. The van der Waals surface area contributed by atoms with Gasteiger partial charge in [0.15, 0.2) is 0 Å². The monoisotopic (exact) mass is 704 g/mol. The number of hydrogen-bond donors (Lipinski definition) is 4. The maximum absolute atomic E-state index is 14.4. The summed E-state index contributed by atoms with van der Waals surface area (Å²) in [6, 6.07) is 0. The van der Waals surface area contributed by atoms with Crippen molar-refractivity contribution >= 4 is 23.1 Å². The number of aliphatic hydroxyl groups excluding tert-OH is 4. The zero-order chi connectivity index (χ0) is 39.2. The van der Waals surface area contributed by atoms with Gasteiger partial charge in [0.25, 0.3) is 0 Å². The molecule has 5 rings (SSSR count). The van der Waals surface area contributed by atoms with Crippen molar-refractivity contribution in [2.24, 2.45) is 21.7 Å². The number of rotatable bonds is 0. The van der Waals surface area contributed by atoms with E-state index >= 15 is 0 Å². The maximum Gasteiger partial charge on any atom is 0.200 e. The molecule has 8 bridgehead atoms. The van der Waals surface area contributed by atoms with Crippen molar-refractivity contribution in [3.63, 3.8) is 0 Å². The smallest absolute Gasteiger partial charge is 0.200 e. The SMILES string of the molecule is CC(C)(C)C1=CC2=C(O)C3=CC(C(C)(C)C)=CC(=C(O)C4=CC(C(C)(C)C)=CC(=C(O)C5=CC(C(C)(C)C)=CC(=C(O)C(=C1)C2=O)C5=O)C4=O)C3=O. The molecule has 4 N–H and O–H groups in total. The summed E-state index contributed by atoms with van der Waals surface area (Å²) < 4.78 is 0. The summed E-state index contributed by atoms with van der Waals surface area (Å²) in [6.07, 6.45) is 11.6. The van der Waals surface area contributed by atoms with E-state index in [0.717, 1.165) is 0 Å². The Balaban J connectivity index is 2.03. The second-order valence-electron chi connectivity index (χ2n) is 18.0. The molecule has 0 fully saturated rings. The highest BCUT2D eigenvalue weighted by molar-refractivity contribution is 6.24. The van der Waals surface area contributed by atoms with Gasteiger partial charge < -0.3 is 20.4 Å². The highest BCUT2D eigenvalue weighted by Gasteiger charge is 2.40. The van der Waals surface area contributed by atoms with Gasteiger partial charge in [-0.2, -0.15) is 0 Å². The van der Waals surface area contributed by atoms with Gasteiger partial charge in [0.1, 0.15) is 23.0 Å². The third kappa shape index (κ3) is 6.51. The van der Waals surface area contributed by atoms with Crippen molar-refractivity contribution in [1.82, 2.24) is 0 Å². The summed E-state index contributed by atoms with van der Waals surface area (Å²) in [5, 5.41) is 47.8. The molecule has 0 aromatic carbocycles. The predicted octanol–water partition coefficient (Wildman–Crippen LogP) is 9.17. The molecule has 0 radical (unpaired) electrons. The van der Waals surface area contributed by atoms with Crippen LogP contribution in [0.15, 0.2) is 139 Å². The van der Waals surface area contributed by atoms with Gasteiger partial charge in [-0.3, -0.25) is 19.2 Å². The van der Waals surface area contributed by atoms with Gasteiger partial charge in [0, 0.05) is 0 Å². The van der Waals surface area contributed by atoms with E-state index < -0.39 is 67.8 Å². The average Bonchev–Trinajstić information content (AvgIpc) is 3.01. The Bertz CT molecular complexity index is 1860. The lowest BCUT2D eigenvalue weighted by Gasteiger charge is -2.30. The van der Waals surface area contributed by atoms with Gasteiger partial charge in [-0.05, 0) is 92.6 Å². The summed E-state index contributed by atoms with van der Waals surface area (Å²) in [6.45, 7) is 22.4. The first-order chi connectivity index (χ1) is 23.6. The minimum absolute atomic E-state index is 0.301. The zero-order valence-corrected chi connectivity index (χ0v) is 32.0. The van der Waals surface area contributed by atoms with Crippen LogP contribution in [-0.2, 0) is 19.2 Å². The Hall–Kier alpha value is -5.24. The van der Waals surface area contributed by atoms with Crippen LogP contribution >= 0.6 is 0 Å². The summed E-state index contributed by atoms with van der Waals surface area (Å²) in [5.41, 5.74) is -2.88. The summed E-state index contributed by atoms with van der Waals surface area (Å²) in [5.74, 6) is -6.13. The molecule has 8 nitrogen and oxygen atoms in total. The molecule has 5 aliphatic carbocycles. The fourth-order valence-corrected chi connectivity index (χ4v) is 6.23. The van der Waals surface area contributed by atoms with Crippen molar-refractivity contribution in [2.75, 3.05) is 0 Å². The van der Waals surface area contributed by atoms with E-state index in [1.807, 2.05) is 83.1 Å². The summed E-state index contributed by atoms with van der Waals surface area (Å²) in [4.78, 5) is 57.4. The van der Waals surface area contributed by atoms with Crippen molar-refractivity contribution in [3.05, 3.63) is 139 Å². The Morgan fingerprint density at radius 2 is 0.462 bits per heavy atom. The van der Waals surface area contributed by atoms with Gasteiger partial charge in [-0.1, -0.05) is 83.1 Å². The van der Waals surface area contributed by atoms with Crippen LogP contribution in [0.25, 0.3) is 0 Å². The number of carbonyl (C=O) groups excluding carboxylic acids is 4. The van der Waals surface area contributed by atoms with E-state index in [0.29, 0.717) is 22.3 Å². The first-order valence-corrected chi connectivity index (χ1v) is 17.3. The lowest BCUT2D eigenvalue weighted by Crippen LogP contribution is -2.26. The van der Waals surface area contributed by atoms with Gasteiger partial charge >= 0.3 is 0 Å². The molecular formula is C44H48O8. The number of Topliss-reactive ketones (excluding diaryl/α,β-unsaturated/α-hetero) is 4. The van der Waals surface area contributed by atoms with Crippen LogP contribution in [0.5, 0.6) is 0 Å². The van der Waals surface area contributed by atoms with E-state index in [1.54, 1.807) is 0 Å². The first-order valence-electron chi connectivity index (χ1n) is 17.3. The first kappa shape index (κ1) is 38.0. The van der Waals surface area contributed by atoms with Crippen molar-refractivity contribution in [2.45, 2.75) is 83.1 Å². The molecule has 0 aromatic rings. The number of hydrogen-bond acceptors (Lipinski definition) is 8. The fraction of sp³-hybridized carbons (Fsp3) is 0.364. The quantitative estimate of drug-likeness (QED) is 0.195. The molecule has 272 valence electrons. The van der Waals surface area contributed by atoms with Gasteiger partial charge in [-0.25, -0.2) is 0 Å². The van der Waals surface area contributed by atoms with Gasteiger partial charge in [-0.15, -0.1) is 0 Å².